The van der Waals surface area contributed by atoms with E-state index in [-0.39, 0.29) is 11.9 Å². The number of thiophene rings is 2. The van der Waals surface area contributed by atoms with Crippen molar-refractivity contribution >= 4 is 34.4 Å². The van der Waals surface area contributed by atoms with Gasteiger partial charge in [-0.1, -0.05) is 12.1 Å². The number of hydrogen-bond donors (Lipinski definition) is 2. The Balaban J connectivity index is 1.40. The number of nitrogens with one attached hydrogen (secondary N) is 2. The van der Waals surface area contributed by atoms with Crippen LogP contribution in [0.4, 0.5) is 5.82 Å². The average molecular weight is 344 g/mol. The molecule has 3 aromatic heterocycles. The first kappa shape index (κ1) is 14.5. The molecular formula is C16H16N4OS2. The fourth-order valence-electron chi connectivity index (χ4n) is 2.78. The normalized spacial score (nSPS) is 17.6. The molecule has 0 unspecified atom stereocenters. The molecule has 2 N–H and O–H groups in total. The molecule has 0 bridgehead atoms. The minimum atomic E-state index is 0.0214. The van der Waals surface area contributed by atoms with Gasteiger partial charge in [0.1, 0.15) is 0 Å². The molecule has 0 saturated carbocycles. The Morgan fingerprint density at radius 3 is 2.96 bits per heavy atom. The monoisotopic (exact) mass is 344 g/mol. The predicted octanol–water partition coefficient (Wildman–Crippen LogP) is 3.21. The van der Waals surface area contributed by atoms with Gasteiger partial charge in [0.15, 0.2) is 5.82 Å². The third-order valence-electron chi connectivity index (χ3n) is 3.94. The molecule has 1 saturated heterocycles. The van der Waals surface area contributed by atoms with Crippen LogP contribution in [0.15, 0.2) is 41.1 Å². The number of anilines is 1. The third kappa shape index (κ3) is 3.02. The smallest absolute Gasteiger partial charge is 0.261 e. The Kier molecular flexibility index (Phi) is 3.88. The van der Waals surface area contributed by atoms with Gasteiger partial charge < -0.3 is 10.2 Å². The van der Waals surface area contributed by atoms with E-state index in [0.717, 1.165) is 35.9 Å². The number of hydrogen-bond acceptors (Lipinski definition) is 5. The number of nitrogens with zero attached hydrogens (tertiary/aromatic N) is 2. The summed E-state index contributed by atoms with van der Waals surface area (Å²) < 4.78 is 0. The van der Waals surface area contributed by atoms with Gasteiger partial charge in [0.05, 0.1) is 15.4 Å². The minimum Gasteiger partial charge on any atom is -0.353 e. The van der Waals surface area contributed by atoms with Crippen LogP contribution >= 0.6 is 22.7 Å². The van der Waals surface area contributed by atoms with Gasteiger partial charge in [-0.05, 0) is 29.3 Å². The van der Waals surface area contributed by atoms with Gasteiger partial charge in [0.2, 0.25) is 0 Å². The molecule has 0 aromatic carbocycles. The van der Waals surface area contributed by atoms with Gasteiger partial charge in [-0.25, -0.2) is 0 Å². The summed E-state index contributed by atoms with van der Waals surface area (Å²) in [6.07, 6.45) is 0.943. The quantitative estimate of drug-likeness (QED) is 0.764. The van der Waals surface area contributed by atoms with Crippen LogP contribution in [-0.2, 0) is 0 Å². The maximum absolute atomic E-state index is 12.1. The zero-order chi connectivity index (χ0) is 15.6. The van der Waals surface area contributed by atoms with E-state index in [0.29, 0.717) is 0 Å². The van der Waals surface area contributed by atoms with Crippen molar-refractivity contribution in [3.8, 4) is 10.6 Å². The molecule has 1 aliphatic rings. The predicted molar refractivity (Wildman–Crippen MR) is 94.3 cm³/mol. The molecule has 0 spiro atoms. The second kappa shape index (κ2) is 6.17. The summed E-state index contributed by atoms with van der Waals surface area (Å²) in [5.74, 6) is 0.967. The SMILES string of the molecule is O=C(N[C@H]1CCN(c2cc(-c3cccs3)[nH]n2)C1)c1cccs1. The van der Waals surface area contributed by atoms with Gasteiger partial charge >= 0.3 is 0 Å². The highest BCUT2D eigenvalue weighted by molar-refractivity contribution is 7.13. The van der Waals surface area contributed by atoms with Gasteiger partial charge in [-0.3, -0.25) is 9.89 Å². The molecule has 0 aliphatic carbocycles. The fourth-order valence-corrected chi connectivity index (χ4v) is 4.10. The molecule has 4 heterocycles. The van der Waals surface area contributed by atoms with Gasteiger partial charge in [-0.2, -0.15) is 5.10 Å². The van der Waals surface area contributed by atoms with Crippen molar-refractivity contribution in [3.05, 3.63) is 46.0 Å². The molecule has 1 atom stereocenters. The lowest BCUT2D eigenvalue weighted by Gasteiger charge is -2.15. The van der Waals surface area contributed by atoms with Crippen LogP contribution in [0.2, 0.25) is 0 Å². The first-order valence-corrected chi connectivity index (χ1v) is 9.24. The Labute approximate surface area is 142 Å². The molecular weight excluding hydrogens is 328 g/mol. The van der Waals surface area contributed by atoms with E-state index in [9.17, 15) is 4.79 Å². The van der Waals surface area contributed by atoms with Gasteiger partial charge in [-0.15, -0.1) is 22.7 Å². The number of H-pyrrole nitrogens is 1. The van der Waals surface area contributed by atoms with Crippen molar-refractivity contribution in [1.82, 2.24) is 15.5 Å². The van der Waals surface area contributed by atoms with Crippen LogP contribution in [0.1, 0.15) is 16.1 Å². The zero-order valence-electron chi connectivity index (χ0n) is 12.4. The molecule has 5 nitrogen and oxygen atoms in total. The minimum absolute atomic E-state index is 0.0214. The molecule has 4 rings (SSSR count). The largest absolute Gasteiger partial charge is 0.353 e. The van der Waals surface area contributed by atoms with E-state index in [2.05, 4.69) is 37.9 Å². The Hall–Kier alpha value is -2.12. The maximum Gasteiger partial charge on any atom is 0.261 e. The van der Waals surface area contributed by atoms with Crippen LogP contribution in [0.25, 0.3) is 10.6 Å². The number of aromatic nitrogens is 2. The molecule has 118 valence electrons. The molecule has 23 heavy (non-hydrogen) atoms. The third-order valence-corrected chi connectivity index (χ3v) is 5.72. The summed E-state index contributed by atoms with van der Waals surface area (Å²) in [6, 6.07) is 10.1. The number of rotatable bonds is 4. The van der Waals surface area contributed by atoms with E-state index >= 15 is 0 Å². The van der Waals surface area contributed by atoms with E-state index in [1.54, 1.807) is 11.3 Å². The topological polar surface area (TPSA) is 61.0 Å². The van der Waals surface area contributed by atoms with E-state index in [1.807, 2.05) is 23.6 Å². The van der Waals surface area contributed by atoms with Crippen molar-refractivity contribution < 1.29 is 4.79 Å². The van der Waals surface area contributed by atoms with Crippen LogP contribution in [0.3, 0.4) is 0 Å². The summed E-state index contributed by atoms with van der Waals surface area (Å²) in [4.78, 5) is 16.3. The molecule has 1 aliphatic heterocycles. The highest BCUT2D eigenvalue weighted by atomic mass is 32.1. The van der Waals surface area contributed by atoms with Crippen LogP contribution in [-0.4, -0.2) is 35.2 Å². The lowest BCUT2D eigenvalue weighted by molar-refractivity contribution is 0.0944. The number of carbonyl (C=O) groups excluding carboxylic acids is 1. The fraction of sp³-hybridized carbons (Fsp3) is 0.250. The van der Waals surface area contributed by atoms with Crippen molar-refractivity contribution in [2.45, 2.75) is 12.5 Å². The standard InChI is InChI=1S/C16H16N4OS2/c21-16(14-4-2-8-23-14)17-11-5-6-20(10-11)15-9-12(18-19-15)13-3-1-7-22-13/h1-4,7-9,11H,5-6,10H2,(H,17,21)(H,18,19)/t11-/m0/s1. The van der Waals surface area contributed by atoms with Crippen molar-refractivity contribution in [3.63, 3.8) is 0 Å². The lowest BCUT2D eigenvalue weighted by Crippen LogP contribution is -2.36. The van der Waals surface area contributed by atoms with Crippen molar-refractivity contribution in [2.75, 3.05) is 18.0 Å². The van der Waals surface area contributed by atoms with E-state index < -0.39 is 0 Å². The molecule has 7 heteroatoms. The first-order valence-electron chi connectivity index (χ1n) is 7.48. The second-order valence-electron chi connectivity index (χ2n) is 5.50. The Bertz CT molecular complexity index is 779. The molecule has 1 amide bonds. The van der Waals surface area contributed by atoms with E-state index in [4.69, 9.17) is 0 Å². The van der Waals surface area contributed by atoms with Crippen molar-refractivity contribution in [1.29, 1.82) is 0 Å². The number of carbonyl (C=O) groups is 1. The Morgan fingerprint density at radius 2 is 2.17 bits per heavy atom. The lowest BCUT2D eigenvalue weighted by atomic mass is 10.2. The zero-order valence-corrected chi connectivity index (χ0v) is 14.0. The maximum atomic E-state index is 12.1. The number of aromatic amines is 1. The van der Waals surface area contributed by atoms with E-state index in [1.165, 1.54) is 16.2 Å². The summed E-state index contributed by atoms with van der Waals surface area (Å²) in [7, 11) is 0. The second-order valence-corrected chi connectivity index (χ2v) is 7.39. The van der Waals surface area contributed by atoms with Crippen LogP contribution in [0, 0.1) is 0 Å². The van der Waals surface area contributed by atoms with Crippen molar-refractivity contribution in [2.24, 2.45) is 0 Å². The number of amides is 1. The highest BCUT2D eigenvalue weighted by Crippen LogP contribution is 2.27. The van der Waals surface area contributed by atoms with Crippen LogP contribution in [0.5, 0.6) is 0 Å². The van der Waals surface area contributed by atoms with Gasteiger partial charge in [0, 0.05) is 25.2 Å². The summed E-state index contributed by atoms with van der Waals surface area (Å²) >= 11 is 3.17. The van der Waals surface area contributed by atoms with Gasteiger partial charge in [0.25, 0.3) is 5.91 Å². The molecule has 3 aromatic rings. The average Bonchev–Trinajstić information content (AvgIpc) is 3.30. The van der Waals surface area contributed by atoms with Crippen LogP contribution < -0.4 is 10.2 Å². The first-order chi connectivity index (χ1) is 11.3. The molecule has 1 fully saturated rings. The summed E-state index contributed by atoms with van der Waals surface area (Å²) in [5.41, 5.74) is 1.04. The summed E-state index contributed by atoms with van der Waals surface area (Å²) in [5, 5.41) is 14.6. The molecule has 0 radical (unpaired) electrons. The summed E-state index contributed by atoms with van der Waals surface area (Å²) in [6.45, 7) is 1.70. The highest BCUT2D eigenvalue weighted by Gasteiger charge is 2.26. The Morgan fingerprint density at radius 1 is 1.30 bits per heavy atom.